The number of rotatable bonds is 5. The molecule has 0 radical (unpaired) electrons. The van der Waals surface area contributed by atoms with E-state index >= 15 is 0 Å². The van der Waals surface area contributed by atoms with Gasteiger partial charge in [-0.25, -0.2) is 4.39 Å². The first-order valence-electron chi connectivity index (χ1n) is 9.52. The lowest BCUT2D eigenvalue weighted by molar-refractivity contribution is -0.274. The van der Waals surface area contributed by atoms with Crippen LogP contribution in [0.5, 0.6) is 5.75 Å². The molecule has 0 aliphatic heterocycles. The molecule has 164 valence electrons. The van der Waals surface area contributed by atoms with Crippen molar-refractivity contribution >= 4 is 16.8 Å². The van der Waals surface area contributed by atoms with Crippen LogP contribution in [0.25, 0.3) is 22.0 Å². The Labute approximate surface area is 180 Å². The zero-order valence-corrected chi connectivity index (χ0v) is 16.8. The molecule has 5 nitrogen and oxygen atoms in total. The molecule has 0 spiro atoms. The van der Waals surface area contributed by atoms with Crippen molar-refractivity contribution in [3.8, 4) is 16.9 Å². The van der Waals surface area contributed by atoms with Gasteiger partial charge in [0.25, 0.3) is 5.91 Å². The topological polar surface area (TPSA) is 56.1 Å². The Balaban J connectivity index is 1.55. The van der Waals surface area contributed by atoms with E-state index in [1.54, 1.807) is 30.3 Å². The highest BCUT2D eigenvalue weighted by molar-refractivity contribution is 6.02. The number of nitrogens with one attached hydrogen (secondary N) is 1. The minimum Gasteiger partial charge on any atom is -0.406 e. The smallest absolute Gasteiger partial charge is 0.406 e. The summed E-state index contributed by atoms with van der Waals surface area (Å²) >= 11 is 0. The lowest BCUT2D eigenvalue weighted by Crippen LogP contribution is -2.22. The fraction of sp³-hybridized carbons (Fsp3) is 0.130. The second-order valence-corrected chi connectivity index (χ2v) is 7.15. The maximum Gasteiger partial charge on any atom is 0.573 e. The summed E-state index contributed by atoms with van der Waals surface area (Å²) in [4.78, 5) is 16.3. The summed E-state index contributed by atoms with van der Waals surface area (Å²) in [6, 6.07) is 12.1. The van der Waals surface area contributed by atoms with Crippen LogP contribution >= 0.6 is 0 Å². The molecule has 9 heteroatoms. The summed E-state index contributed by atoms with van der Waals surface area (Å²) in [5.41, 5.74) is 3.25. The van der Waals surface area contributed by atoms with E-state index in [4.69, 9.17) is 0 Å². The van der Waals surface area contributed by atoms with Crippen molar-refractivity contribution in [3.63, 3.8) is 0 Å². The first kappa shape index (κ1) is 21.4. The van der Waals surface area contributed by atoms with E-state index in [1.807, 2.05) is 17.8 Å². The Morgan fingerprint density at radius 1 is 1.09 bits per heavy atom. The largest absolute Gasteiger partial charge is 0.573 e. The molecule has 0 atom stereocenters. The van der Waals surface area contributed by atoms with Gasteiger partial charge in [-0.2, -0.15) is 0 Å². The van der Waals surface area contributed by atoms with E-state index < -0.39 is 12.2 Å². The van der Waals surface area contributed by atoms with Gasteiger partial charge in [-0.1, -0.05) is 18.2 Å². The second kappa shape index (κ2) is 8.33. The number of alkyl halides is 3. The molecule has 0 unspecified atom stereocenters. The van der Waals surface area contributed by atoms with Crippen LogP contribution in [0.4, 0.5) is 17.6 Å². The normalized spacial score (nSPS) is 11.5. The molecule has 0 saturated carbocycles. The quantitative estimate of drug-likeness (QED) is 0.431. The van der Waals surface area contributed by atoms with Crippen LogP contribution in [-0.4, -0.2) is 21.8 Å². The summed E-state index contributed by atoms with van der Waals surface area (Å²) in [6.45, 7) is 0.131. The predicted octanol–water partition coefficient (Wildman–Crippen LogP) is 5.21. The fourth-order valence-electron chi connectivity index (χ4n) is 3.43. The van der Waals surface area contributed by atoms with Crippen molar-refractivity contribution in [2.75, 3.05) is 0 Å². The number of halogens is 4. The third-order valence-corrected chi connectivity index (χ3v) is 4.87. The summed E-state index contributed by atoms with van der Waals surface area (Å²) in [7, 11) is 1.81. The first-order chi connectivity index (χ1) is 15.2. The number of hydrogen-bond acceptors (Lipinski definition) is 3. The number of pyridine rings is 1. The Morgan fingerprint density at radius 2 is 1.84 bits per heavy atom. The van der Waals surface area contributed by atoms with Crippen LogP contribution in [0.1, 0.15) is 15.9 Å². The standard InChI is InChI=1S/C23H17F4N3O2/c1-30-13-20(15-2-5-18(6-3-15)32-23(25,26)27)19-7-4-16(9-21(19)30)22(31)29-11-14-8-17(24)12-28-10-14/h2-10,12-13H,11H2,1H3,(H,29,31). The van der Waals surface area contributed by atoms with Crippen LogP contribution < -0.4 is 10.1 Å². The van der Waals surface area contributed by atoms with Crippen molar-refractivity contribution in [2.45, 2.75) is 12.9 Å². The molecule has 0 aliphatic rings. The molecule has 1 N–H and O–H groups in total. The number of aromatic nitrogens is 2. The summed E-state index contributed by atoms with van der Waals surface area (Å²) < 4.78 is 56.1. The van der Waals surface area contributed by atoms with E-state index in [0.717, 1.165) is 22.7 Å². The molecular formula is C23H17F4N3O2. The lowest BCUT2D eigenvalue weighted by Gasteiger charge is -2.09. The molecule has 2 aromatic carbocycles. The molecule has 4 rings (SSSR count). The number of benzene rings is 2. The Kier molecular flexibility index (Phi) is 5.56. The third kappa shape index (κ3) is 4.72. The van der Waals surface area contributed by atoms with E-state index in [1.165, 1.54) is 24.4 Å². The molecule has 4 aromatic rings. The van der Waals surface area contributed by atoms with E-state index in [2.05, 4.69) is 15.0 Å². The molecule has 1 amide bonds. The number of nitrogens with zero attached hydrogens (tertiary/aromatic N) is 2. The first-order valence-corrected chi connectivity index (χ1v) is 9.52. The van der Waals surface area contributed by atoms with E-state index in [-0.39, 0.29) is 18.2 Å². The van der Waals surface area contributed by atoms with Gasteiger partial charge in [-0.05, 0) is 41.5 Å². The minimum atomic E-state index is -4.75. The third-order valence-electron chi connectivity index (χ3n) is 4.87. The summed E-state index contributed by atoms with van der Waals surface area (Å²) in [6.07, 6.45) is -0.350. The van der Waals surface area contributed by atoms with Crippen molar-refractivity contribution < 1.29 is 27.1 Å². The van der Waals surface area contributed by atoms with E-state index in [9.17, 15) is 22.4 Å². The SMILES string of the molecule is Cn1cc(-c2ccc(OC(F)(F)F)cc2)c2ccc(C(=O)NCc3cncc(F)c3)cc21. The van der Waals surface area contributed by atoms with Gasteiger partial charge in [0, 0.05) is 48.0 Å². The van der Waals surface area contributed by atoms with Gasteiger partial charge in [-0.3, -0.25) is 9.78 Å². The van der Waals surface area contributed by atoms with Crippen molar-refractivity contribution in [3.05, 3.63) is 84.1 Å². The molecule has 0 saturated heterocycles. The molecule has 0 aliphatic carbocycles. The molecule has 0 fully saturated rings. The Hall–Kier alpha value is -3.88. The Morgan fingerprint density at radius 3 is 2.53 bits per heavy atom. The number of hydrogen-bond donors (Lipinski definition) is 1. The van der Waals surface area contributed by atoms with Gasteiger partial charge in [0.15, 0.2) is 0 Å². The highest BCUT2D eigenvalue weighted by atomic mass is 19.4. The zero-order valence-electron chi connectivity index (χ0n) is 16.8. The van der Waals surface area contributed by atoms with E-state index in [0.29, 0.717) is 16.7 Å². The van der Waals surface area contributed by atoms with Crippen LogP contribution in [0.15, 0.2) is 67.1 Å². The molecule has 2 aromatic heterocycles. The van der Waals surface area contributed by atoms with Crippen molar-refractivity contribution in [2.24, 2.45) is 7.05 Å². The van der Waals surface area contributed by atoms with Gasteiger partial charge in [0.1, 0.15) is 11.6 Å². The fourth-order valence-corrected chi connectivity index (χ4v) is 3.43. The second-order valence-electron chi connectivity index (χ2n) is 7.15. The molecule has 32 heavy (non-hydrogen) atoms. The van der Waals surface area contributed by atoms with Crippen molar-refractivity contribution in [1.29, 1.82) is 0 Å². The number of carbonyl (C=O) groups excluding carboxylic acids is 1. The average Bonchev–Trinajstić information content (AvgIpc) is 3.07. The van der Waals surface area contributed by atoms with Gasteiger partial charge in [-0.15, -0.1) is 13.2 Å². The number of aryl methyl sites for hydroxylation is 1. The van der Waals surface area contributed by atoms with Gasteiger partial charge in [0.2, 0.25) is 0 Å². The lowest BCUT2D eigenvalue weighted by atomic mass is 10.0. The summed E-state index contributed by atoms with van der Waals surface area (Å²) in [5, 5.41) is 3.57. The highest BCUT2D eigenvalue weighted by Crippen LogP contribution is 2.32. The van der Waals surface area contributed by atoms with Gasteiger partial charge in [0.05, 0.1) is 6.20 Å². The van der Waals surface area contributed by atoms with Crippen LogP contribution in [0.3, 0.4) is 0 Å². The average molecular weight is 443 g/mol. The zero-order chi connectivity index (χ0) is 22.9. The number of carbonyl (C=O) groups is 1. The molecule has 2 heterocycles. The molecule has 0 bridgehead atoms. The number of ether oxygens (including phenoxy) is 1. The van der Waals surface area contributed by atoms with Gasteiger partial charge < -0.3 is 14.6 Å². The van der Waals surface area contributed by atoms with Crippen LogP contribution in [-0.2, 0) is 13.6 Å². The van der Waals surface area contributed by atoms with Gasteiger partial charge >= 0.3 is 6.36 Å². The number of fused-ring (bicyclic) bond motifs is 1. The Bertz CT molecular complexity index is 1280. The van der Waals surface area contributed by atoms with Crippen molar-refractivity contribution in [1.82, 2.24) is 14.9 Å². The predicted molar refractivity (Wildman–Crippen MR) is 110 cm³/mol. The minimum absolute atomic E-state index is 0.131. The number of amides is 1. The molecular weight excluding hydrogens is 426 g/mol. The maximum atomic E-state index is 13.2. The monoisotopic (exact) mass is 443 g/mol. The highest BCUT2D eigenvalue weighted by Gasteiger charge is 2.31. The summed E-state index contributed by atoms with van der Waals surface area (Å²) in [5.74, 6) is -1.10. The maximum absolute atomic E-state index is 13.2. The van der Waals surface area contributed by atoms with Crippen LogP contribution in [0, 0.1) is 5.82 Å². The van der Waals surface area contributed by atoms with Crippen LogP contribution in [0.2, 0.25) is 0 Å².